The van der Waals surface area contributed by atoms with E-state index in [0.29, 0.717) is 23.1 Å². The van der Waals surface area contributed by atoms with Crippen molar-refractivity contribution in [3.05, 3.63) is 27.4 Å². The molecule has 1 aromatic rings. The second-order valence-electron chi connectivity index (χ2n) is 3.72. The third-order valence-electron chi connectivity index (χ3n) is 2.57. The third kappa shape index (κ3) is 2.23. The molecule has 0 aliphatic carbocycles. The van der Waals surface area contributed by atoms with Gasteiger partial charge in [0.05, 0.1) is 10.7 Å². The second-order valence-corrected chi connectivity index (χ2v) is 4.98. The summed E-state index contributed by atoms with van der Waals surface area (Å²) >= 11 is 9.21. The summed E-state index contributed by atoms with van der Waals surface area (Å²) in [5, 5.41) is 0.266. The predicted octanol–water partition coefficient (Wildman–Crippen LogP) is 3.76. The number of amides is 1. The van der Waals surface area contributed by atoms with Crippen molar-refractivity contribution >= 4 is 39.1 Å². The first-order valence-electron chi connectivity index (χ1n) is 5.04. The molecule has 0 saturated carbocycles. The van der Waals surface area contributed by atoms with Gasteiger partial charge in [0, 0.05) is 17.4 Å². The predicted molar refractivity (Wildman–Crippen MR) is 65.3 cm³/mol. The van der Waals surface area contributed by atoms with Gasteiger partial charge in [-0.15, -0.1) is 0 Å². The number of piperidine rings is 1. The Morgan fingerprint density at radius 1 is 1.38 bits per heavy atom. The summed E-state index contributed by atoms with van der Waals surface area (Å²) < 4.78 is 13.6. The molecule has 16 heavy (non-hydrogen) atoms. The Kier molecular flexibility index (Phi) is 3.50. The first-order chi connectivity index (χ1) is 7.59. The van der Waals surface area contributed by atoms with E-state index in [1.165, 1.54) is 12.1 Å². The molecule has 0 N–H and O–H groups in total. The first-order valence-corrected chi connectivity index (χ1v) is 6.21. The van der Waals surface area contributed by atoms with Crippen LogP contribution < -0.4 is 4.90 Å². The highest BCUT2D eigenvalue weighted by molar-refractivity contribution is 9.10. The highest BCUT2D eigenvalue weighted by atomic mass is 79.9. The lowest BCUT2D eigenvalue weighted by Gasteiger charge is -2.28. The van der Waals surface area contributed by atoms with Gasteiger partial charge in [0.1, 0.15) is 5.82 Å². The molecule has 0 bridgehead atoms. The summed E-state index contributed by atoms with van der Waals surface area (Å²) in [6, 6.07) is 2.55. The van der Waals surface area contributed by atoms with E-state index in [0.717, 1.165) is 12.8 Å². The van der Waals surface area contributed by atoms with Gasteiger partial charge in [-0.1, -0.05) is 11.6 Å². The van der Waals surface area contributed by atoms with Crippen molar-refractivity contribution in [3.8, 4) is 0 Å². The van der Waals surface area contributed by atoms with Crippen LogP contribution >= 0.6 is 27.5 Å². The van der Waals surface area contributed by atoms with Crippen LogP contribution in [0.3, 0.4) is 0 Å². The van der Waals surface area contributed by atoms with Gasteiger partial charge in [-0.25, -0.2) is 4.39 Å². The maximum atomic E-state index is 13.1. The molecular formula is C11H10BrClFNO. The van der Waals surface area contributed by atoms with Crippen LogP contribution in [0.4, 0.5) is 10.1 Å². The van der Waals surface area contributed by atoms with Gasteiger partial charge < -0.3 is 4.90 Å². The fourth-order valence-corrected chi connectivity index (χ4v) is 2.90. The Morgan fingerprint density at radius 3 is 2.75 bits per heavy atom. The molecule has 0 unspecified atom stereocenters. The summed E-state index contributed by atoms with van der Waals surface area (Å²) in [7, 11) is 0. The molecule has 0 spiro atoms. The molecule has 1 amide bonds. The number of hydrogen-bond donors (Lipinski definition) is 0. The zero-order chi connectivity index (χ0) is 11.7. The van der Waals surface area contributed by atoms with Gasteiger partial charge in [0.15, 0.2) is 0 Å². The Morgan fingerprint density at radius 2 is 2.12 bits per heavy atom. The maximum Gasteiger partial charge on any atom is 0.227 e. The molecular weight excluding hydrogens is 296 g/mol. The Balaban J connectivity index is 2.42. The van der Waals surface area contributed by atoms with Crippen LogP contribution in [-0.4, -0.2) is 12.5 Å². The standard InChI is InChI=1S/C11H10BrClFNO/c12-8-5-7(14)6-9(13)11(8)15-4-2-1-3-10(15)16/h5-6H,1-4H2. The third-order valence-corrected chi connectivity index (χ3v) is 3.47. The molecule has 86 valence electrons. The van der Waals surface area contributed by atoms with Crippen LogP contribution in [0.15, 0.2) is 16.6 Å². The molecule has 1 aromatic carbocycles. The Bertz CT molecular complexity index is 415. The van der Waals surface area contributed by atoms with Gasteiger partial charge in [-0.05, 0) is 40.9 Å². The van der Waals surface area contributed by atoms with E-state index in [1.807, 2.05) is 0 Å². The maximum absolute atomic E-state index is 13.1. The number of benzene rings is 1. The van der Waals surface area contributed by atoms with E-state index in [-0.39, 0.29) is 10.9 Å². The van der Waals surface area contributed by atoms with Gasteiger partial charge >= 0.3 is 0 Å². The average Bonchev–Trinajstić information content (AvgIpc) is 2.19. The summed E-state index contributed by atoms with van der Waals surface area (Å²) in [5.74, 6) is -0.370. The summed E-state index contributed by atoms with van der Waals surface area (Å²) in [6.45, 7) is 0.642. The topological polar surface area (TPSA) is 20.3 Å². The van der Waals surface area contributed by atoms with Gasteiger partial charge in [0.25, 0.3) is 0 Å². The summed E-state index contributed by atoms with van der Waals surface area (Å²) in [4.78, 5) is 13.4. The van der Waals surface area contributed by atoms with Crippen molar-refractivity contribution in [1.82, 2.24) is 0 Å². The molecule has 1 fully saturated rings. The number of carbonyl (C=O) groups excluding carboxylic acids is 1. The van der Waals surface area contributed by atoms with Crippen LogP contribution in [0.25, 0.3) is 0 Å². The lowest BCUT2D eigenvalue weighted by atomic mass is 10.1. The minimum atomic E-state index is -0.412. The molecule has 1 aliphatic heterocycles. The number of anilines is 1. The van der Waals surface area contributed by atoms with Gasteiger partial charge in [0.2, 0.25) is 5.91 Å². The minimum absolute atomic E-state index is 0.0421. The molecule has 5 heteroatoms. The molecule has 0 radical (unpaired) electrons. The van der Waals surface area contributed by atoms with Crippen LogP contribution in [0.5, 0.6) is 0 Å². The fourth-order valence-electron chi connectivity index (χ4n) is 1.83. The van der Waals surface area contributed by atoms with Gasteiger partial charge in [-0.2, -0.15) is 0 Å². The highest BCUT2D eigenvalue weighted by Gasteiger charge is 2.24. The molecule has 2 rings (SSSR count). The zero-order valence-corrected chi connectivity index (χ0v) is 10.8. The van der Waals surface area contributed by atoms with E-state index in [4.69, 9.17) is 11.6 Å². The van der Waals surface area contributed by atoms with Crippen molar-refractivity contribution in [2.45, 2.75) is 19.3 Å². The monoisotopic (exact) mass is 305 g/mol. The Hall–Kier alpha value is -0.610. The van der Waals surface area contributed by atoms with E-state index < -0.39 is 5.82 Å². The van der Waals surface area contributed by atoms with Crippen LogP contribution in [-0.2, 0) is 4.79 Å². The zero-order valence-electron chi connectivity index (χ0n) is 8.47. The molecule has 0 aromatic heterocycles. The molecule has 1 saturated heterocycles. The number of halogens is 3. The number of hydrogen-bond acceptors (Lipinski definition) is 1. The quantitative estimate of drug-likeness (QED) is 0.773. The lowest BCUT2D eigenvalue weighted by molar-refractivity contribution is -0.119. The smallest absolute Gasteiger partial charge is 0.227 e. The highest BCUT2D eigenvalue weighted by Crippen LogP contribution is 2.36. The fraction of sp³-hybridized carbons (Fsp3) is 0.364. The van der Waals surface area contributed by atoms with Gasteiger partial charge in [-0.3, -0.25) is 4.79 Å². The van der Waals surface area contributed by atoms with Crippen molar-refractivity contribution in [3.63, 3.8) is 0 Å². The van der Waals surface area contributed by atoms with Crippen molar-refractivity contribution in [2.24, 2.45) is 0 Å². The summed E-state index contributed by atoms with van der Waals surface area (Å²) in [5.41, 5.74) is 0.577. The lowest BCUT2D eigenvalue weighted by Crippen LogP contribution is -2.35. The Labute approximate surface area is 107 Å². The normalized spacial score (nSPS) is 16.7. The SMILES string of the molecule is O=C1CCCCN1c1c(Cl)cc(F)cc1Br. The van der Waals surface area contributed by atoms with E-state index in [1.54, 1.807) is 4.90 Å². The van der Waals surface area contributed by atoms with E-state index >= 15 is 0 Å². The van der Waals surface area contributed by atoms with Crippen molar-refractivity contribution in [1.29, 1.82) is 0 Å². The minimum Gasteiger partial charge on any atom is -0.310 e. The van der Waals surface area contributed by atoms with Crippen molar-refractivity contribution in [2.75, 3.05) is 11.4 Å². The largest absolute Gasteiger partial charge is 0.310 e. The van der Waals surface area contributed by atoms with E-state index in [2.05, 4.69) is 15.9 Å². The average molecular weight is 307 g/mol. The van der Waals surface area contributed by atoms with Crippen LogP contribution in [0.1, 0.15) is 19.3 Å². The van der Waals surface area contributed by atoms with Crippen molar-refractivity contribution < 1.29 is 9.18 Å². The van der Waals surface area contributed by atoms with Crippen LogP contribution in [0, 0.1) is 5.82 Å². The number of carbonyl (C=O) groups is 1. The van der Waals surface area contributed by atoms with Crippen LogP contribution in [0.2, 0.25) is 5.02 Å². The molecule has 2 nitrogen and oxygen atoms in total. The number of rotatable bonds is 1. The van der Waals surface area contributed by atoms with E-state index in [9.17, 15) is 9.18 Å². The molecule has 1 heterocycles. The molecule has 0 atom stereocenters. The summed E-state index contributed by atoms with van der Waals surface area (Å²) in [6.07, 6.45) is 2.39. The molecule has 1 aliphatic rings. The second kappa shape index (κ2) is 4.72. The number of nitrogens with zero attached hydrogens (tertiary/aromatic N) is 1. The first kappa shape index (κ1) is 11.9.